The third-order valence-corrected chi connectivity index (χ3v) is 4.28. The lowest BCUT2D eigenvalue weighted by atomic mass is 10.2. The molecule has 0 fully saturated rings. The molecule has 0 heterocycles. The third-order valence-electron chi connectivity index (χ3n) is 2.94. The van der Waals surface area contributed by atoms with Crippen LogP contribution in [0.3, 0.4) is 0 Å². The highest BCUT2D eigenvalue weighted by atomic mass is 35.5. The maximum atomic E-state index is 12.1. The van der Waals surface area contributed by atoms with Gasteiger partial charge >= 0.3 is 0 Å². The van der Waals surface area contributed by atoms with Gasteiger partial charge in [0, 0.05) is 22.5 Å². The number of hydrogen-bond donors (Lipinski definition) is 2. The zero-order valence-corrected chi connectivity index (χ0v) is 14.9. The van der Waals surface area contributed by atoms with Gasteiger partial charge in [-0.15, -0.1) is 0 Å². The zero-order chi connectivity index (χ0) is 18.2. The highest BCUT2D eigenvalue weighted by Crippen LogP contribution is 2.25. The van der Waals surface area contributed by atoms with Crippen molar-refractivity contribution in [3.63, 3.8) is 0 Å². The van der Waals surface area contributed by atoms with Gasteiger partial charge in [0.25, 0.3) is 5.91 Å². The Bertz CT molecular complexity index is 898. The van der Waals surface area contributed by atoms with Crippen LogP contribution in [0.2, 0.25) is 10.0 Å². The van der Waals surface area contributed by atoms with Crippen LogP contribution in [0.4, 0.5) is 11.4 Å². The van der Waals surface area contributed by atoms with E-state index in [0.29, 0.717) is 21.4 Å². The van der Waals surface area contributed by atoms with E-state index in [1.165, 1.54) is 12.3 Å². The number of anilines is 2. The van der Waals surface area contributed by atoms with Crippen LogP contribution in [0.15, 0.2) is 59.1 Å². The van der Waals surface area contributed by atoms with E-state index in [1.54, 1.807) is 36.4 Å². The van der Waals surface area contributed by atoms with Crippen molar-refractivity contribution in [2.75, 3.05) is 10.6 Å². The molecule has 5 nitrogen and oxygen atoms in total. The average molecular weight is 389 g/mol. The van der Waals surface area contributed by atoms with Gasteiger partial charge in [0.15, 0.2) is 0 Å². The summed E-state index contributed by atoms with van der Waals surface area (Å²) in [6, 6.07) is 13.4. The van der Waals surface area contributed by atoms with Crippen molar-refractivity contribution >= 4 is 52.2 Å². The van der Waals surface area contributed by atoms with Gasteiger partial charge in [-0.25, -0.2) is 0 Å². The van der Waals surface area contributed by atoms with Gasteiger partial charge in [0.1, 0.15) is 17.0 Å². The number of nitrogens with one attached hydrogen (secondary N) is 2. The second kappa shape index (κ2) is 9.00. The van der Waals surface area contributed by atoms with Crippen LogP contribution < -0.4 is 10.6 Å². The van der Waals surface area contributed by atoms with Gasteiger partial charge in [-0.3, -0.25) is 4.79 Å². The Morgan fingerprint density at radius 3 is 2.32 bits per heavy atom. The van der Waals surface area contributed by atoms with E-state index in [1.807, 2.05) is 11.5 Å². The van der Waals surface area contributed by atoms with Gasteiger partial charge in [-0.05, 0) is 54.2 Å². The van der Waals surface area contributed by atoms with Crippen LogP contribution in [-0.2, 0) is 4.79 Å². The summed E-state index contributed by atoms with van der Waals surface area (Å²) in [5.41, 5.74) is 0.998. The highest BCUT2D eigenvalue weighted by molar-refractivity contribution is 8.03. The fraction of sp³-hybridized carbons (Fsp3) is 0. The van der Waals surface area contributed by atoms with Crippen molar-refractivity contribution in [3.05, 3.63) is 64.3 Å². The van der Waals surface area contributed by atoms with Gasteiger partial charge in [0.05, 0.1) is 10.0 Å². The van der Waals surface area contributed by atoms with E-state index in [-0.39, 0.29) is 5.57 Å². The number of amides is 1. The molecular weight excluding hydrogens is 379 g/mol. The fourth-order valence-corrected chi connectivity index (χ4v) is 2.42. The molecule has 0 aliphatic heterocycles. The summed E-state index contributed by atoms with van der Waals surface area (Å²) in [5.74, 6) is -0.579. The topological polar surface area (TPSA) is 88.7 Å². The van der Waals surface area contributed by atoms with Gasteiger partial charge < -0.3 is 10.6 Å². The molecule has 8 heteroatoms. The summed E-state index contributed by atoms with van der Waals surface area (Å²) in [6.45, 7) is 0. The molecule has 2 N–H and O–H groups in total. The van der Waals surface area contributed by atoms with Gasteiger partial charge in [0.2, 0.25) is 0 Å². The first-order valence-electron chi connectivity index (χ1n) is 6.82. The summed E-state index contributed by atoms with van der Waals surface area (Å²) in [5, 5.41) is 25.9. The lowest BCUT2D eigenvalue weighted by Crippen LogP contribution is -2.14. The molecule has 0 unspecified atom stereocenters. The van der Waals surface area contributed by atoms with E-state index >= 15 is 0 Å². The first-order chi connectivity index (χ1) is 12.0. The standard InChI is InChI=1S/C17H10Cl2N4OS/c18-15-6-3-13(7-16(15)19)23-17(24)11(8-20)9-22-12-1-4-14(5-2-12)25-10-21/h1-7,9,22H,(H,23,24)/b11-9-. The maximum absolute atomic E-state index is 12.1. The molecule has 0 aromatic heterocycles. The lowest BCUT2D eigenvalue weighted by molar-refractivity contribution is -0.112. The number of halogens is 2. The molecule has 0 aliphatic carbocycles. The van der Waals surface area contributed by atoms with Crippen LogP contribution in [0.25, 0.3) is 0 Å². The van der Waals surface area contributed by atoms with E-state index in [2.05, 4.69) is 10.6 Å². The Morgan fingerprint density at radius 1 is 1.04 bits per heavy atom. The zero-order valence-electron chi connectivity index (χ0n) is 12.6. The molecule has 25 heavy (non-hydrogen) atoms. The first kappa shape index (κ1) is 18.7. The predicted octanol–water partition coefficient (Wildman–Crippen LogP) is 5.02. The van der Waals surface area contributed by atoms with Gasteiger partial charge in [-0.2, -0.15) is 10.5 Å². The molecule has 0 radical (unpaired) electrons. The molecule has 0 aliphatic rings. The number of thioether (sulfide) groups is 1. The molecular formula is C17H10Cl2N4OS. The SMILES string of the molecule is N#CSc1ccc(N/C=C(/C#N)C(=O)Nc2ccc(Cl)c(Cl)c2)cc1. The van der Waals surface area contributed by atoms with Crippen molar-refractivity contribution in [1.82, 2.24) is 0 Å². The number of nitriles is 2. The molecule has 0 spiro atoms. The molecule has 2 aromatic rings. The Hall–Kier alpha value is -2.64. The minimum absolute atomic E-state index is 0.110. The van der Waals surface area contributed by atoms with Crippen LogP contribution in [0.5, 0.6) is 0 Å². The largest absolute Gasteiger partial charge is 0.360 e. The van der Waals surface area contributed by atoms with E-state index in [0.717, 1.165) is 16.7 Å². The number of nitrogens with zero attached hydrogens (tertiary/aromatic N) is 2. The number of benzene rings is 2. The number of carbonyl (C=O) groups excluding carboxylic acids is 1. The lowest BCUT2D eigenvalue weighted by Gasteiger charge is -2.06. The van der Waals surface area contributed by atoms with Crippen molar-refractivity contribution < 1.29 is 4.79 Å². The Labute approximate surface area is 158 Å². The Morgan fingerprint density at radius 2 is 1.72 bits per heavy atom. The summed E-state index contributed by atoms with van der Waals surface area (Å²) >= 11 is 12.8. The molecule has 0 bridgehead atoms. The fourth-order valence-electron chi connectivity index (χ4n) is 1.75. The normalized spacial score (nSPS) is 10.5. The van der Waals surface area contributed by atoms with Crippen molar-refractivity contribution in [3.8, 4) is 11.5 Å². The van der Waals surface area contributed by atoms with Crippen LogP contribution in [-0.4, -0.2) is 5.91 Å². The smallest absolute Gasteiger partial charge is 0.267 e. The quantitative estimate of drug-likeness (QED) is 0.324. The Balaban J connectivity index is 2.06. The molecule has 0 saturated carbocycles. The second-order valence-corrected chi connectivity index (χ2v) is 6.29. The molecule has 0 saturated heterocycles. The van der Waals surface area contributed by atoms with Crippen molar-refractivity contribution in [2.45, 2.75) is 4.90 Å². The Kier molecular flexibility index (Phi) is 6.73. The second-order valence-electron chi connectivity index (χ2n) is 4.61. The van der Waals surface area contributed by atoms with Crippen LogP contribution in [0.1, 0.15) is 0 Å². The maximum Gasteiger partial charge on any atom is 0.267 e. The monoisotopic (exact) mass is 388 g/mol. The van der Waals surface area contributed by atoms with Crippen molar-refractivity contribution in [2.24, 2.45) is 0 Å². The van der Waals surface area contributed by atoms with E-state index < -0.39 is 5.91 Å². The third kappa shape index (κ3) is 5.44. The molecule has 2 rings (SSSR count). The molecule has 124 valence electrons. The summed E-state index contributed by atoms with van der Waals surface area (Å²) in [6.07, 6.45) is 1.30. The molecule has 2 aromatic carbocycles. The minimum atomic E-state index is -0.579. The molecule has 1 amide bonds. The number of carbonyl (C=O) groups is 1. The minimum Gasteiger partial charge on any atom is -0.360 e. The highest BCUT2D eigenvalue weighted by Gasteiger charge is 2.10. The summed E-state index contributed by atoms with van der Waals surface area (Å²) in [7, 11) is 0. The average Bonchev–Trinajstić information content (AvgIpc) is 2.60. The predicted molar refractivity (Wildman–Crippen MR) is 100 cm³/mol. The van der Waals surface area contributed by atoms with Gasteiger partial charge in [-0.1, -0.05) is 23.2 Å². The van der Waals surface area contributed by atoms with E-state index in [9.17, 15) is 4.79 Å². The summed E-state index contributed by atoms with van der Waals surface area (Å²) < 4.78 is 0. The van der Waals surface area contributed by atoms with Crippen LogP contribution >= 0.6 is 35.0 Å². The number of thiocyanates is 1. The van der Waals surface area contributed by atoms with E-state index in [4.69, 9.17) is 33.7 Å². The van der Waals surface area contributed by atoms with Crippen LogP contribution in [0, 0.1) is 22.0 Å². The number of rotatable bonds is 5. The number of hydrogen-bond acceptors (Lipinski definition) is 5. The molecule has 0 atom stereocenters. The van der Waals surface area contributed by atoms with Crippen molar-refractivity contribution in [1.29, 1.82) is 10.5 Å². The summed E-state index contributed by atoms with van der Waals surface area (Å²) in [4.78, 5) is 12.9. The first-order valence-corrected chi connectivity index (χ1v) is 8.40.